The van der Waals surface area contributed by atoms with Gasteiger partial charge in [0.1, 0.15) is 0 Å². The number of aliphatic imine (C=N–C) groups is 4. The van der Waals surface area contributed by atoms with Crippen molar-refractivity contribution in [2.75, 3.05) is 19.6 Å². The molecular weight excluding hydrogens is 336 g/mol. The fraction of sp³-hybridized carbons (Fsp3) is 0.778. The maximum Gasteiger partial charge on any atom is 0.235 e. The number of unbranched alkanes of at least 4 members (excludes halogenated alkanes) is 1. The minimum absolute atomic E-state index is 0.00750. The van der Waals surface area contributed by atoms with Crippen molar-refractivity contribution in [3.63, 3.8) is 0 Å². The number of rotatable bonds is 8. The Morgan fingerprint density at radius 2 is 1.35 bits per heavy atom. The van der Waals surface area contributed by atoms with Crippen LogP contribution < -0.4 is 0 Å². The zero-order valence-corrected chi connectivity index (χ0v) is 15.7. The number of isocyanates is 4. The van der Waals surface area contributed by atoms with E-state index in [9.17, 15) is 19.2 Å². The molecule has 2 unspecified atom stereocenters. The van der Waals surface area contributed by atoms with Crippen LogP contribution in [-0.4, -0.2) is 50.0 Å². The molecule has 0 amide bonds. The first kappa shape index (κ1) is 23.5. The first-order valence-corrected chi connectivity index (χ1v) is 8.50. The number of hydrogen-bond donors (Lipinski definition) is 0. The predicted octanol–water partition coefficient (Wildman–Crippen LogP) is 2.68. The van der Waals surface area contributed by atoms with Gasteiger partial charge in [-0.3, -0.25) is 0 Å². The van der Waals surface area contributed by atoms with Crippen molar-refractivity contribution in [2.45, 2.75) is 58.9 Å². The van der Waals surface area contributed by atoms with Gasteiger partial charge in [0.25, 0.3) is 0 Å². The summed E-state index contributed by atoms with van der Waals surface area (Å²) in [6.45, 7) is 7.80. The molecule has 26 heavy (non-hydrogen) atoms. The first-order chi connectivity index (χ1) is 12.3. The molecule has 1 aliphatic rings. The van der Waals surface area contributed by atoms with Crippen molar-refractivity contribution in [1.29, 1.82) is 0 Å². The second kappa shape index (κ2) is 12.8. The standard InChI is InChI=1S/C12H18N2O2.C6H8N2O2/c1-11(2)4-10(14-9-16)5-12(3,6-11)7-13-8-15;9-5-7-3-1-2-4-8-6-10/h10H,4-7H2,1-3H3;1-4H2. The van der Waals surface area contributed by atoms with Crippen molar-refractivity contribution >= 4 is 24.3 Å². The lowest BCUT2D eigenvalue weighted by atomic mass is 9.63. The van der Waals surface area contributed by atoms with E-state index < -0.39 is 0 Å². The molecule has 1 aliphatic carbocycles. The molecule has 8 heteroatoms. The van der Waals surface area contributed by atoms with E-state index in [1.54, 1.807) is 12.2 Å². The van der Waals surface area contributed by atoms with Crippen molar-refractivity contribution < 1.29 is 19.2 Å². The molecule has 0 aliphatic heterocycles. The largest absolute Gasteiger partial charge is 0.235 e. The van der Waals surface area contributed by atoms with Crippen molar-refractivity contribution in [3.05, 3.63) is 0 Å². The molecule has 1 saturated carbocycles. The summed E-state index contributed by atoms with van der Waals surface area (Å²) in [6, 6.07) is 0.00750. The SMILES string of the molecule is CC1(C)CC(N=C=O)CC(C)(CN=C=O)C1.O=C=NCCCCN=C=O. The van der Waals surface area contributed by atoms with E-state index in [2.05, 4.69) is 40.7 Å². The lowest BCUT2D eigenvalue weighted by molar-refractivity contribution is 0.0915. The Morgan fingerprint density at radius 1 is 0.808 bits per heavy atom. The summed E-state index contributed by atoms with van der Waals surface area (Å²) in [6.07, 6.45) is 10.3. The molecule has 8 nitrogen and oxygen atoms in total. The third-order valence-corrected chi connectivity index (χ3v) is 4.10. The maximum absolute atomic E-state index is 10.3. The van der Waals surface area contributed by atoms with E-state index in [0.29, 0.717) is 19.6 Å². The molecule has 0 saturated heterocycles. The molecule has 0 heterocycles. The van der Waals surface area contributed by atoms with Crippen LogP contribution in [0.3, 0.4) is 0 Å². The summed E-state index contributed by atoms with van der Waals surface area (Å²) in [4.78, 5) is 53.7. The van der Waals surface area contributed by atoms with Gasteiger partial charge in [0.05, 0.1) is 25.7 Å². The van der Waals surface area contributed by atoms with E-state index >= 15 is 0 Å². The van der Waals surface area contributed by atoms with Crippen molar-refractivity contribution in [3.8, 4) is 0 Å². The van der Waals surface area contributed by atoms with E-state index in [1.165, 1.54) is 12.2 Å². The third kappa shape index (κ3) is 11.1. The van der Waals surface area contributed by atoms with Crippen molar-refractivity contribution in [2.24, 2.45) is 30.8 Å². The van der Waals surface area contributed by atoms with Crippen LogP contribution in [0.1, 0.15) is 52.9 Å². The molecule has 0 aromatic rings. The highest BCUT2D eigenvalue weighted by molar-refractivity contribution is 5.34. The second-order valence-corrected chi connectivity index (χ2v) is 7.49. The average Bonchev–Trinajstić information content (AvgIpc) is 2.55. The van der Waals surface area contributed by atoms with E-state index in [4.69, 9.17) is 0 Å². The highest BCUT2D eigenvalue weighted by Crippen LogP contribution is 2.47. The summed E-state index contributed by atoms with van der Waals surface area (Å²) in [5.74, 6) is 0. The molecule has 1 fully saturated rings. The van der Waals surface area contributed by atoms with E-state index in [0.717, 1.165) is 32.1 Å². The third-order valence-electron chi connectivity index (χ3n) is 4.10. The Balaban J connectivity index is 0.000000541. The predicted molar refractivity (Wildman–Crippen MR) is 95.8 cm³/mol. The highest BCUT2D eigenvalue weighted by atomic mass is 16.1. The zero-order chi connectivity index (χ0) is 19.9. The summed E-state index contributed by atoms with van der Waals surface area (Å²) >= 11 is 0. The topological polar surface area (TPSA) is 118 Å². The van der Waals surface area contributed by atoms with Gasteiger partial charge < -0.3 is 0 Å². The van der Waals surface area contributed by atoms with Gasteiger partial charge in [-0.25, -0.2) is 39.1 Å². The van der Waals surface area contributed by atoms with E-state index in [1.807, 2.05) is 0 Å². The van der Waals surface area contributed by atoms with Gasteiger partial charge in [0, 0.05) is 0 Å². The van der Waals surface area contributed by atoms with Gasteiger partial charge >= 0.3 is 0 Å². The van der Waals surface area contributed by atoms with Gasteiger partial charge in [0.15, 0.2) is 0 Å². The highest BCUT2D eigenvalue weighted by Gasteiger charge is 2.41. The fourth-order valence-electron chi connectivity index (χ4n) is 3.56. The Labute approximate surface area is 153 Å². The van der Waals surface area contributed by atoms with Crippen LogP contribution in [0.4, 0.5) is 0 Å². The molecule has 0 N–H and O–H groups in total. The van der Waals surface area contributed by atoms with Crippen LogP contribution in [0.5, 0.6) is 0 Å². The van der Waals surface area contributed by atoms with Gasteiger partial charge in [-0.15, -0.1) is 0 Å². The minimum Gasteiger partial charge on any atom is -0.211 e. The summed E-state index contributed by atoms with van der Waals surface area (Å²) in [5.41, 5.74) is 0.0561. The van der Waals surface area contributed by atoms with Crippen LogP contribution >= 0.6 is 0 Å². The lowest BCUT2D eigenvalue weighted by Crippen LogP contribution is -2.39. The number of hydrogen-bond acceptors (Lipinski definition) is 8. The molecule has 1 rings (SSSR count). The summed E-state index contributed by atoms with van der Waals surface area (Å²) in [7, 11) is 0. The molecule has 0 aromatic heterocycles. The normalized spacial score (nSPS) is 22.8. The molecule has 2 atom stereocenters. The Bertz CT molecular complexity index is 603. The number of nitrogens with zero attached hydrogens (tertiary/aromatic N) is 4. The zero-order valence-electron chi connectivity index (χ0n) is 15.7. The quantitative estimate of drug-likeness (QED) is 0.375. The smallest absolute Gasteiger partial charge is 0.211 e. The van der Waals surface area contributed by atoms with Gasteiger partial charge in [0.2, 0.25) is 24.3 Å². The molecule has 0 spiro atoms. The molecule has 0 radical (unpaired) electrons. The molecule has 142 valence electrons. The van der Waals surface area contributed by atoms with Crippen LogP contribution in [0, 0.1) is 10.8 Å². The van der Waals surface area contributed by atoms with Crippen LogP contribution in [0.25, 0.3) is 0 Å². The molecule has 0 aromatic carbocycles. The maximum atomic E-state index is 10.3. The Hall–Kier alpha value is -2.48. The minimum atomic E-state index is -0.0653. The van der Waals surface area contributed by atoms with Crippen molar-refractivity contribution in [1.82, 2.24) is 0 Å². The molecule has 0 bridgehead atoms. The average molecular weight is 362 g/mol. The number of carbonyl (C=O) groups excluding carboxylic acids is 4. The van der Waals surface area contributed by atoms with Gasteiger partial charge in [-0.1, -0.05) is 20.8 Å². The Morgan fingerprint density at radius 3 is 1.81 bits per heavy atom. The Kier molecular flexibility index (Phi) is 11.6. The van der Waals surface area contributed by atoms with Crippen LogP contribution in [0.2, 0.25) is 0 Å². The van der Waals surface area contributed by atoms with Gasteiger partial charge in [-0.2, -0.15) is 0 Å². The second-order valence-electron chi connectivity index (χ2n) is 7.49. The molecular formula is C18H26N4O4. The first-order valence-electron chi connectivity index (χ1n) is 8.50. The fourth-order valence-corrected chi connectivity index (χ4v) is 3.56. The summed E-state index contributed by atoms with van der Waals surface area (Å²) in [5, 5.41) is 0. The van der Waals surface area contributed by atoms with E-state index in [-0.39, 0.29) is 16.9 Å². The monoisotopic (exact) mass is 362 g/mol. The summed E-state index contributed by atoms with van der Waals surface area (Å²) < 4.78 is 0. The van der Waals surface area contributed by atoms with Crippen LogP contribution in [-0.2, 0) is 19.2 Å². The lowest BCUT2D eigenvalue weighted by Gasteiger charge is -2.44. The van der Waals surface area contributed by atoms with Crippen LogP contribution in [0.15, 0.2) is 20.0 Å². The van der Waals surface area contributed by atoms with Gasteiger partial charge in [-0.05, 0) is 42.9 Å².